The minimum Gasteiger partial charge on any atom is -0.387 e. The molecule has 1 aromatic rings. The van der Waals surface area contributed by atoms with Gasteiger partial charge in [0, 0.05) is 18.5 Å². The predicted octanol–water partition coefficient (Wildman–Crippen LogP) is 2.82. The molecule has 1 unspecified atom stereocenters. The SMILES string of the molecule is CCC1CCN(c2nc(C(C)O)cs2)CC1. The predicted molar refractivity (Wildman–Crippen MR) is 68.0 cm³/mol. The average Bonchev–Trinajstić information content (AvgIpc) is 2.78. The Morgan fingerprint density at radius 1 is 1.56 bits per heavy atom. The molecule has 2 heterocycles. The molecule has 16 heavy (non-hydrogen) atoms. The summed E-state index contributed by atoms with van der Waals surface area (Å²) in [5, 5.41) is 12.5. The summed E-state index contributed by atoms with van der Waals surface area (Å²) in [6, 6.07) is 0. The highest BCUT2D eigenvalue weighted by Crippen LogP contribution is 2.28. The first-order valence-corrected chi connectivity index (χ1v) is 6.97. The molecule has 0 amide bonds. The van der Waals surface area contributed by atoms with Gasteiger partial charge in [-0.2, -0.15) is 0 Å². The van der Waals surface area contributed by atoms with Gasteiger partial charge < -0.3 is 10.0 Å². The third kappa shape index (κ3) is 2.55. The fourth-order valence-electron chi connectivity index (χ4n) is 2.15. The summed E-state index contributed by atoms with van der Waals surface area (Å²) in [6.07, 6.45) is 3.41. The van der Waals surface area contributed by atoms with Crippen molar-refractivity contribution in [1.29, 1.82) is 0 Å². The zero-order valence-electron chi connectivity index (χ0n) is 10.0. The Morgan fingerprint density at radius 3 is 2.75 bits per heavy atom. The largest absolute Gasteiger partial charge is 0.387 e. The van der Waals surface area contributed by atoms with Gasteiger partial charge in [0.1, 0.15) is 0 Å². The van der Waals surface area contributed by atoms with Crippen LogP contribution in [0.5, 0.6) is 0 Å². The van der Waals surface area contributed by atoms with Crippen LogP contribution in [0.2, 0.25) is 0 Å². The molecule has 1 saturated heterocycles. The molecule has 1 aliphatic rings. The van der Waals surface area contributed by atoms with Crippen LogP contribution in [0.1, 0.15) is 44.9 Å². The zero-order valence-corrected chi connectivity index (χ0v) is 10.8. The molecule has 0 spiro atoms. The number of aliphatic hydroxyl groups excluding tert-OH is 1. The lowest BCUT2D eigenvalue weighted by molar-refractivity contribution is 0.195. The summed E-state index contributed by atoms with van der Waals surface area (Å²) in [4.78, 5) is 6.83. The normalized spacial score (nSPS) is 20.1. The van der Waals surface area contributed by atoms with E-state index in [2.05, 4.69) is 16.8 Å². The van der Waals surface area contributed by atoms with Gasteiger partial charge in [-0.25, -0.2) is 4.98 Å². The molecule has 4 heteroatoms. The zero-order chi connectivity index (χ0) is 11.5. The molecule has 90 valence electrons. The van der Waals surface area contributed by atoms with Gasteiger partial charge in [0.05, 0.1) is 11.8 Å². The fourth-order valence-corrected chi connectivity index (χ4v) is 3.11. The van der Waals surface area contributed by atoms with E-state index in [1.807, 2.05) is 5.38 Å². The summed E-state index contributed by atoms with van der Waals surface area (Å²) in [7, 11) is 0. The van der Waals surface area contributed by atoms with Gasteiger partial charge in [-0.1, -0.05) is 13.3 Å². The second kappa shape index (κ2) is 5.15. The number of aromatic nitrogens is 1. The third-order valence-electron chi connectivity index (χ3n) is 3.40. The third-order valence-corrected chi connectivity index (χ3v) is 4.32. The summed E-state index contributed by atoms with van der Waals surface area (Å²) in [5.74, 6) is 0.896. The highest BCUT2D eigenvalue weighted by molar-refractivity contribution is 7.13. The van der Waals surface area contributed by atoms with E-state index in [9.17, 15) is 5.11 Å². The van der Waals surface area contributed by atoms with Gasteiger partial charge in [-0.05, 0) is 25.7 Å². The number of anilines is 1. The summed E-state index contributed by atoms with van der Waals surface area (Å²) < 4.78 is 0. The van der Waals surface area contributed by atoms with Gasteiger partial charge in [0.15, 0.2) is 5.13 Å². The molecule has 2 rings (SSSR count). The van der Waals surface area contributed by atoms with E-state index in [0.717, 1.165) is 29.8 Å². The number of rotatable bonds is 3. The highest BCUT2D eigenvalue weighted by Gasteiger charge is 2.20. The van der Waals surface area contributed by atoms with Crippen LogP contribution in [0.25, 0.3) is 0 Å². The maximum atomic E-state index is 9.44. The van der Waals surface area contributed by atoms with Crippen molar-refractivity contribution in [3.63, 3.8) is 0 Å². The van der Waals surface area contributed by atoms with Crippen LogP contribution < -0.4 is 4.90 Å². The van der Waals surface area contributed by atoms with E-state index in [1.54, 1.807) is 18.3 Å². The number of hydrogen-bond acceptors (Lipinski definition) is 4. The first-order chi connectivity index (χ1) is 7.70. The standard InChI is InChI=1S/C12H20N2OS/c1-3-10-4-6-14(7-5-10)12-13-11(8-16-12)9(2)15/h8-10,15H,3-7H2,1-2H3. The molecular weight excluding hydrogens is 220 g/mol. The maximum absolute atomic E-state index is 9.44. The number of hydrogen-bond donors (Lipinski definition) is 1. The van der Waals surface area contributed by atoms with Gasteiger partial charge in [-0.15, -0.1) is 11.3 Å². The Bertz CT molecular complexity index is 330. The lowest BCUT2D eigenvalue weighted by Crippen LogP contribution is -2.33. The smallest absolute Gasteiger partial charge is 0.185 e. The van der Waals surface area contributed by atoms with Crippen molar-refractivity contribution in [2.75, 3.05) is 18.0 Å². The van der Waals surface area contributed by atoms with Crippen molar-refractivity contribution < 1.29 is 5.11 Å². The van der Waals surface area contributed by atoms with E-state index < -0.39 is 6.10 Å². The van der Waals surface area contributed by atoms with Crippen molar-refractivity contribution in [2.45, 2.75) is 39.2 Å². The van der Waals surface area contributed by atoms with E-state index >= 15 is 0 Å². The average molecular weight is 240 g/mol. The van der Waals surface area contributed by atoms with Gasteiger partial charge in [0.2, 0.25) is 0 Å². The molecule has 3 nitrogen and oxygen atoms in total. The molecule has 0 aliphatic carbocycles. The van der Waals surface area contributed by atoms with E-state index in [-0.39, 0.29) is 0 Å². The first kappa shape index (κ1) is 11.9. The van der Waals surface area contributed by atoms with Crippen LogP contribution >= 0.6 is 11.3 Å². The minimum atomic E-state index is -0.446. The van der Waals surface area contributed by atoms with Crippen molar-refractivity contribution >= 4 is 16.5 Å². The van der Waals surface area contributed by atoms with E-state index in [0.29, 0.717) is 0 Å². The maximum Gasteiger partial charge on any atom is 0.185 e. The number of aliphatic hydroxyl groups is 1. The molecule has 1 fully saturated rings. The van der Waals surface area contributed by atoms with Crippen LogP contribution in [0.3, 0.4) is 0 Å². The second-order valence-electron chi connectivity index (χ2n) is 4.57. The van der Waals surface area contributed by atoms with E-state index in [4.69, 9.17) is 0 Å². The van der Waals surface area contributed by atoms with Crippen LogP contribution in [-0.2, 0) is 0 Å². The molecular formula is C12H20N2OS. The number of thiazole rings is 1. The second-order valence-corrected chi connectivity index (χ2v) is 5.41. The van der Waals surface area contributed by atoms with Crippen LogP contribution in [-0.4, -0.2) is 23.2 Å². The lowest BCUT2D eigenvalue weighted by Gasteiger charge is -2.31. The Hall–Kier alpha value is -0.610. The van der Waals surface area contributed by atoms with Crippen LogP contribution in [0.4, 0.5) is 5.13 Å². The van der Waals surface area contributed by atoms with Crippen LogP contribution in [0, 0.1) is 5.92 Å². The lowest BCUT2D eigenvalue weighted by atomic mass is 9.95. The van der Waals surface area contributed by atoms with Crippen molar-refractivity contribution in [3.05, 3.63) is 11.1 Å². The van der Waals surface area contributed by atoms with Crippen molar-refractivity contribution in [1.82, 2.24) is 4.98 Å². The van der Waals surface area contributed by atoms with Gasteiger partial charge in [0.25, 0.3) is 0 Å². The highest BCUT2D eigenvalue weighted by atomic mass is 32.1. The summed E-state index contributed by atoms with van der Waals surface area (Å²) >= 11 is 1.65. The Balaban J connectivity index is 1.97. The Kier molecular flexibility index (Phi) is 3.82. The number of nitrogens with zero attached hydrogens (tertiary/aromatic N) is 2. The fraction of sp³-hybridized carbons (Fsp3) is 0.750. The minimum absolute atomic E-state index is 0.446. The summed E-state index contributed by atoms with van der Waals surface area (Å²) in [5.41, 5.74) is 0.803. The Labute approximate surface area is 101 Å². The quantitative estimate of drug-likeness (QED) is 0.882. The topological polar surface area (TPSA) is 36.4 Å². The molecule has 0 radical (unpaired) electrons. The monoisotopic (exact) mass is 240 g/mol. The molecule has 1 N–H and O–H groups in total. The Morgan fingerprint density at radius 2 is 2.25 bits per heavy atom. The molecule has 0 saturated carbocycles. The first-order valence-electron chi connectivity index (χ1n) is 6.09. The van der Waals surface area contributed by atoms with Gasteiger partial charge in [-0.3, -0.25) is 0 Å². The molecule has 1 aliphatic heterocycles. The van der Waals surface area contributed by atoms with E-state index in [1.165, 1.54) is 19.3 Å². The molecule has 0 aromatic carbocycles. The van der Waals surface area contributed by atoms with Crippen LogP contribution in [0.15, 0.2) is 5.38 Å². The molecule has 1 atom stereocenters. The summed E-state index contributed by atoms with van der Waals surface area (Å²) in [6.45, 7) is 6.27. The number of piperidine rings is 1. The van der Waals surface area contributed by atoms with Crippen molar-refractivity contribution in [2.24, 2.45) is 5.92 Å². The molecule has 1 aromatic heterocycles. The molecule has 0 bridgehead atoms. The van der Waals surface area contributed by atoms with Crippen molar-refractivity contribution in [3.8, 4) is 0 Å². The van der Waals surface area contributed by atoms with Gasteiger partial charge >= 0.3 is 0 Å².